The molecule has 2 aliphatic rings. The first-order valence-electron chi connectivity index (χ1n) is 6.91. The summed E-state index contributed by atoms with van der Waals surface area (Å²) in [5, 5.41) is 10.0. The van der Waals surface area contributed by atoms with Crippen molar-refractivity contribution in [1.29, 1.82) is 0 Å². The Labute approximate surface area is 104 Å². The summed E-state index contributed by atoms with van der Waals surface area (Å²) in [4.78, 5) is 0. The summed E-state index contributed by atoms with van der Waals surface area (Å²) >= 11 is 1.92. The van der Waals surface area contributed by atoms with E-state index in [9.17, 15) is 5.11 Å². The third-order valence-electron chi connectivity index (χ3n) is 4.22. The van der Waals surface area contributed by atoms with Crippen LogP contribution in [0.15, 0.2) is 0 Å². The average Bonchev–Trinajstić information content (AvgIpc) is 2.78. The largest absolute Gasteiger partial charge is 0.392 e. The van der Waals surface area contributed by atoms with Crippen LogP contribution in [0.4, 0.5) is 0 Å². The van der Waals surface area contributed by atoms with Crippen molar-refractivity contribution in [2.75, 3.05) is 11.5 Å². The predicted octanol–water partition coefficient (Wildman–Crippen LogP) is 3.56. The van der Waals surface area contributed by atoms with E-state index in [-0.39, 0.29) is 6.10 Å². The maximum atomic E-state index is 10.0. The highest BCUT2D eigenvalue weighted by molar-refractivity contribution is 7.99. The molecule has 0 aromatic rings. The summed E-state index contributed by atoms with van der Waals surface area (Å²) in [5.74, 6) is 5.73. The van der Waals surface area contributed by atoms with Gasteiger partial charge in [0, 0.05) is 5.75 Å². The molecular formula is C14H26OS. The molecule has 2 bridgehead atoms. The molecule has 0 radical (unpaired) electrons. The minimum atomic E-state index is -0.0481. The molecule has 2 rings (SSSR count). The molecule has 94 valence electrons. The number of hydrogen-bond donors (Lipinski definition) is 1. The zero-order chi connectivity index (χ0) is 11.5. The molecule has 0 spiro atoms. The van der Waals surface area contributed by atoms with Crippen LogP contribution in [0.2, 0.25) is 0 Å². The van der Waals surface area contributed by atoms with Crippen molar-refractivity contribution in [2.45, 2.75) is 52.1 Å². The van der Waals surface area contributed by atoms with Gasteiger partial charge in [0.05, 0.1) is 6.10 Å². The average molecular weight is 242 g/mol. The third-order valence-corrected chi connectivity index (χ3v) is 5.74. The van der Waals surface area contributed by atoms with E-state index < -0.39 is 0 Å². The second kappa shape index (κ2) is 5.77. The smallest absolute Gasteiger partial charge is 0.0633 e. The Morgan fingerprint density at radius 1 is 1.19 bits per heavy atom. The van der Waals surface area contributed by atoms with Crippen LogP contribution in [-0.2, 0) is 0 Å². The Bertz CT molecular complexity index is 217. The molecule has 1 N–H and O–H groups in total. The van der Waals surface area contributed by atoms with Gasteiger partial charge in [-0.15, -0.1) is 0 Å². The van der Waals surface area contributed by atoms with Crippen LogP contribution in [-0.4, -0.2) is 22.7 Å². The van der Waals surface area contributed by atoms with Gasteiger partial charge in [0.25, 0.3) is 0 Å². The van der Waals surface area contributed by atoms with Crippen molar-refractivity contribution < 1.29 is 5.11 Å². The van der Waals surface area contributed by atoms with Crippen molar-refractivity contribution >= 4 is 11.8 Å². The first-order chi connectivity index (χ1) is 7.65. The lowest BCUT2D eigenvalue weighted by Gasteiger charge is -2.24. The van der Waals surface area contributed by atoms with E-state index in [4.69, 9.17) is 0 Å². The van der Waals surface area contributed by atoms with Crippen molar-refractivity contribution in [3.05, 3.63) is 0 Å². The normalized spacial score (nSPS) is 34.9. The minimum absolute atomic E-state index is 0.0481. The summed E-state index contributed by atoms with van der Waals surface area (Å²) in [6, 6.07) is 0. The summed E-state index contributed by atoms with van der Waals surface area (Å²) < 4.78 is 0. The second-order valence-electron chi connectivity index (χ2n) is 6.26. The fraction of sp³-hybridized carbons (Fsp3) is 1.00. The number of fused-ring (bicyclic) bond motifs is 2. The molecule has 4 atom stereocenters. The first-order valence-corrected chi connectivity index (χ1v) is 8.06. The molecule has 2 heteroatoms. The van der Waals surface area contributed by atoms with E-state index in [1.165, 1.54) is 31.4 Å². The topological polar surface area (TPSA) is 20.2 Å². The molecule has 2 saturated carbocycles. The first kappa shape index (κ1) is 12.8. The van der Waals surface area contributed by atoms with Gasteiger partial charge >= 0.3 is 0 Å². The highest BCUT2D eigenvalue weighted by Crippen LogP contribution is 2.49. The second-order valence-corrected chi connectivity index (χ2v) is 7.33. The molecule has 1 nitrogen and oxygen atoms in total. The Hall–Kier alpha value is 0.310. The molecular weight excluding hydrogens is 216 g/mol. The molecule has 0 heterocycles. The molecule has 4 unspecified atom stereocenters. The maximum Gasteiger partial charge on any atom is 0.0633 e. The fourth-order valence-electron chi connectivity index (χ4n) is 3.52. The lowest BCUT2D eigenvalue weighted by Crippen LogP contribution is -2.20. The Morgan fingerprint density at radius 2 is 2.00 bits per heavy atom. The standard InChI is InChI=1S/C14H26OS/c1-10(2)8-16-9-14(15)7-13-6-11-3-4-12(13)5-11/h10-15H,3-9H2,1-2H3. The van der Waals surface area contributed by atoms with Crippen LogP contribution >= 0.6 is 11.8 Å². The SMILES string of the molecule is CC(C)CSCC(O)CC1CC2CCC1C2. The van der Waals surface area contributed by atoms with Gasteiger partial charge in [-0.05, 0) is 55.1 Å². The van der Waals surface area contributed by atoms with Gasteiger partial charge in [-0.3, -0.25) is 0 Å². The molecule has 16 heavy (non-hydrogen) atoms. The lowest BCUT2D eigenvalue weighted by molar-refractivity contribution is 0.144. The van der Waals surface area contributed by atoms with Crippen LogP contribution in [0, 0.1) is 23.7 Å². The van der Waals surface area contributed by atoms with E-state index in [2.05, 4.69) is 13.8 Å². The summed E-state index contributed by atoms with van der Waals surface area (Å²) in [5.41, 5.74) is 0. The molecule has 2 fully saturated rings. The van der Waals surface area contributed by atoms with E-state index in [1.807, 2.05) is 11.8 Å². The van der Waals surface area contributed by atoms with E-state index in [1.54, 1.807) is 0 Å². The minimum Gasteiger partial charge on any atom is -0.392 e. The third kappa shape index (κ3) is 3.40. The summed E-state index contributed by atoms with van der Waals surface area (Å²) in [6.45, 7) is 4.49. The van der Waals surface area contributed by atoms with Crippen molar-refractivity contribution in [3.8, 4) is 0 Å². The van der Waals surface area contributed by atoms with Crippen molar-refractivity contribution in [2.24, 2.45) is 23.7 Å². The molecule has 0 amide bonds. The van der Waals surface area contributed by atoms with Crippen molar-refractivity contribution in [1.82, 2.24) is 0 Å². The highest BCUT2D eigenvalue weighted by atomic mass is 32.2. The molecule has 0 aromatic heterocycles. The van der Waals surface area contributed by atoms with Gasteiger partial charge in [-0.25, -0.2) is 0 Å². The zero-order valence-electron chi connectivity index (χ0n) is 10.7. The van der Waals surface area contributed by atoms with E-state index in [0.29, 0.717) is 0 Å². The Balaban J connectivity index is 1.62. The van der Waals surface area contributed by atoms with Gasteiger partial charge in [-0.1, -0.05) is 20.3 Å². The van der Waals surface area contributed by atoms with Gasteiger partial charge in [0.2, 0.25) is 0 Å². The number of aliphatic hydroxyl groups is 1. The monoisotopic (exact) mass is 242 g/mol. The van der Waals surface area contributed by atoms with Crippen LogP contribution in [0.25, 0.3) is 0 Å². The number of thioether (sulfide) groups is 1. The van der Waals surface area contributed by atoms with Gasteiger partial charge in [0.15, 0.2) is 0 Å². The molecule has 0 saturated heterocycles. The molecule has 0 aliphatic heterocycles. The maximum absolute atomic E-state index is 10.0. The van der Waals surface area contributed by atoms with E-state index in [0.717, 1.165) is 35.8 Å². The lowest BCUT2D eigenvalue weighted by atomic mass is 9.85. The Morgan fingerprint density at radius 3 is 2.56 bits per heavy atom. The van der Waals surface area contributed by atoms with Gasteiger partial charge < -0.3 is 5.11 Å². The van der Waals surface area contributed by atoms with Crippen LogP contribution in [0.3, 0.4) is 0 Å². The number of hydrogen-bond acceptors (Lipinski definition) is 2. The number of aliphatic hydroxyl groups excluding tert-OH is 1. The summed E-state index contributed by atoms with van der Waals surface area (Å²) in [6.07, 6.45) is 6.83. The highest BCUT2D eigenvalue weighted by Gasteiger charge is 2.39. The van der Waals surface area contributed by atoms with Crippen LogP contribution in [0.1, 0.15) is 46.0 Å². The molecule has 0 aromatic carbocycles. The number of rotatable bonds is 6. The van der Waals surface area contributed by atoms with Gasteiger partial charge in [0.1, 0.15) is 0 Å². The van der Waals surface area contributed by atoms with Crippen LogP contribution in [0.5, 0.6) is 0 Å². The predicted molar refractivity (Wildman–Crippen MR) is 71.7 cm³/mol. The fourth-order valence-corrected chi connectivity index (χ4v) is 4.54. The van der Waals surface area contributed by atoms with Crippen molar-refractivity contribution in [3.63, 3.8) is 0 Å². The van der Waals surface area contributed by atoms with E-state index >= 15 is 0 Å². The molecule has 2 aliphatic carbocycles. The quantitative estimate of drug-likeness (QED) is 0.768. The van der Waals surface area contributed by atoms with Gasteiger partial charge in [-0.2, -0.15) is 11.8 Å². The summed E-state index contributed by atoms with van der Waals surface area (Å²) in [7, 11) is 0. The zero-order valence-corrected chi connectivity index (χ0v) is 11.5. The van der Waals surface area contributed by atoms with Crippen LogP contribution < -0.4 is 0 Å². The Kier molecular flexibility index (Phi) is 4.60.